The maximum Gasteiger partial charge on any atom is 0.248 e. The number of aromatic nitrogens is 2. The Morgan fingerprint density at radius 2 is 2.08 bits per heavy atom. The van der Waals surface area contributed by atoms with E-state index in [4.69, 9.17) is 11.6 Å². The summed E-state index contributed by atoms with van der Waals surface area (Å²) >= 11 is 6.10. The first-order chi connectivity index (χ1) is 12.7. The third-order valence-electron chi connectivity index (χ3n) is 4.47. The molecule has 0 spiro atoms. The smallest absolute Gasteiger partial charge is 0.248 e. The van der Waals surface area contributed by atoms with Crippen LogP contribution in [0.1, 0.15) is 17.8 Å². The van der Waals surface area contributed by atoms with E-state index in [9.17, 15) is 4.79 Å². The average Bonchev–Trinajstić information content (AvgIpc) is 3.25. The number of carbonyl (C=O) groups excluding carboxylic acids is 1. The monoisotopic (exact) mass is 363 g/mol. The van der Waals surface area contributed by atoms with E-state index >= 15 is 0 Å². The van der Waals surface area contributed by atoms with Gasteiger partial charge in [0.25, 0.3) is 0 Å². The van der Waals surface area contributed by atoms with Crippen molar-refractivity contribution < 1.29 is 4.79 Å². The van der Waals surface area contributed by atoms with Gasteiger partial charge < -0.3 is 9.88 Å². The molecule has 4 rings (SSSR count). The van der Waals surface area contributed by atoms with E-state index in [-0.39, 0.29) is 5.91 Å². The molecule has 2 heterocycles. The summed E-state index contributed by atoms with van der Waals surface area (Å²) in [5.41, 5.74) is 3.72. The zero-order valence-electron chi connectivity index (χ0n) is 14.2. The minimum absolute atomic E-state index is 0.194. The molecule has 1 aliphatic heterocycles. The Morgan fingerprint density at radius 3 is 2.96 bits per heavy atom. The van der Waals surface area contributed by atoms with Crippen LogP contribution in [0.3, 0.4) is 0 Å². The molecule has 1 N–H and O–H groups in total. The summed E-state index contributed by atoms with van der Waals surface area (Å²) in [6.07, 6.45) is 7.28. The van der Waals surface area contributed by atoms with Crippen molar-refractivity contribution >= 4 is 29.3 Å². The second-order valence-electron chi connectivity index (χ2n) is 6.24. The number of halogens is 1. The Morgan fingerprint density at radius 1 is 1.19 bits per heavy atom. The van der Waals surface area contributed by atoms with Crippen molar-refractivity contribution in [3.8, 4) is 11.3 Å². The van der Waals surface area contributed by atoms with Gasteiger partial charge in [0, 0.05) is 35.3 Å². The Bertz CT molecular complexity index is 990. The zero-order valence-corrected chi connectivity index (χ0v) is 14.9. The molecule has 3 aromatic rings. The van der Waals surface area contributed by atoms with Crippen LogP contribution in [-0.4, -0.2) is 15.5 Å². The number of carbonyl (C=O) groups is 1. The fraction of sp³-hybridized carbons (Fsp3) is 0.143. The van der Waals surface area contributed by atoms with Crippen LogP contribution in [0.4, 0.5) is 5.69 Å². The summed E-state index contributed by atoms with van der Waals surface area (Å²) in [7, 11) is 0. The Labute approximate surface area is 157 Å². The first kappa shape index (κ1) is 16.6. The number of nitrogens with one attached hydrogen (secondary N) is 1. The van der Waals surface area contributed by atoms with Crippen molar-refractivity contribution in [1.29, 1.82) is 0 Å². The number of amides is 1. The predicted octanol–water partition coefficient (Wildman–Crippen LogP) is 4.80. The normalized spacial score (nSPS) is 13.1. The Kier molecular flexibility index (Phi) is 4.59. The third kappa shape index (κ3) is 3.41. The van der Waals surface area contributed by atoms with Crippen LogP contribution < -0.4 is 5.32 Å². The van der Waals surface area contributed by atoms with E-state index in [0.717, 1.165) is 47.7 Å². The first-order valence-electron chi connectivity index (χ1n) is 8.59. The molecule has 1 amide bonds. The van der Waals surface area contributed by atoms with Crippen LogP contribution in [-0.2, 0) is 17.8 Å². The fourth-order valence-corrected chi connectivity index (χ4v) is 3.40. The van der Waals surface area contributed by atoms with Crippen LogP contribution in [0.2, 0.25) is 5.02 Å². The highest BCUT2D eigenvalue weighted by molar-refractivity contribution is 6.32. The summed E-state index contributed by atoms with van der Waals surface area (Å²) in [5, 5.41) is 3.52. The molecule has 2 aromatic carbocycles. The van der Waals surface area contributed by atoms with E-state index in [1.807, 2.05) is 48.7 Å². The Balaban J connectivity index is 1.50. The number of hydrogen-bond donors (Lipinski definition) is 1. The minimum atomic E-state index is -0.194. The van der Waals surface area contributed by atoms with Crippen molar-refractivity contribution in [2.24, 2.45) is 0 Å². The molecule has 0 saturated carbocycles. The molecule has 0 radical (unpaired) electrons. The SMILES string of the molecule is O=C(/C=C/c1ccccc1Cl)Nc1cccc(-c2cnc3n2CCC3)c1. The van der Waals surface area contributed by atoms with Gasteiger partial charge in [-0.25, -0.2) is 4.98 Å². The molecule has 0 fully saturated rings. The van der Waals surface area contributed by atoms with Gasteiger partial charge in [-0.3, -0.25) is 4.79 Å². The number of imidazole rings is 1. The number of rotatable bonds is 4. The lowest BCUT2D eigenvalue weighted by molar-refractivity contribution is -0.111. The molecule has 1 aliphatic rings. The van der Waals surface area contributed by atoms with Crippen molar-refractivity contribution in [2.45, 2.75) is 19.4 Å². The van der Waals surface area contributed by atoms with Gasteiger partial charge in [0.15, 0.2) is 0 Å². The number of fused-ring (bicyclic) bond motifs is 1. The quantitative estimate of drug-likeness (QED) is 0.677. The standard InChI is InChI=1S/C21H18ClN3O/c22-18-8-2-1-5-15(18)10-11-21(26)24-17-7-3-6-16(13-17)19-14-23-20-9-4-12-25(19)20/h1-3,5-8,10-11,13-14H,4,9,12H2,(H,24,26)/b11-10+. The average molecular weight is 364 g/mol. The predicted molar refractivity (Wildman–Crippen MR) is 105 cm³/mol. The first-order valence-corrected chi connectivity index (χ1v) is 8.97. The van der Waals surface area contributed by atoms with Gasteiger partial charge in [-0.05, 0) is 36.3 Å². The highest BCUT2D eigenvalue weighted by atomic mass is 35.5. The van der Waals surface area contributed by atoms with Gasteiger partial charge in [0.2, 0.25) is 5.91 Å². The highest BCUT2D eigenvalue weighted by Crippen LogP contribution is 2.27. The maximum absolute atomic E-state index is 12.2. The van der Waals surface area contributed by atoms with Crippen molar-refractivity contribution in [3.63, 3.8) is 0 Å². The lowest BCUT2D eigenvalue weighted by Gasteiger charge is -2.08. The van der Waals surface area contributed by atoms with E-state index in [2.05, 4.69) is 14.9 Å². The topological polar surface area (TPSA) is 46.9 Å². The number of aryl methyl sites for hydroxylation is 1. The molecule has 5 heteroatoms. The van der Waals surface area contributed by atoms with Gasteiger partial charge >= 0.3 is 0 Å². The van der Waals surface area contributed by atoms with Gasteiger partial charge in [-0.2, -0.15) is 0 Å². The summed E-state index contributed by atoms with van der Waals surface area (Å²) in [6, 6.07) is 15.3. The molecular formula is C21H18ClN3O. The molecule has 130 valence electrons. The highest BCUT2D eigenvalue weighted by Gasteiger charge is 2.16. The summed E-state index contributed by atoms with van der Waals surface area (Å²) in [5.74, 6) is 0.942. The fourth-order valence-electron chi connectivity index (χ4n) is 3.20. The van der Waals surface area contributed by atoms with Crippen LogP contribution in [0, 0.1) is 0 Å². The molecule has 0 saturated heterocycles. The molecule has 0 aliphatic carbocycles. The maximum atomic E-state index is 12.2. The van der Waals surface area contributed by atoms with Crippen molar-refractivity contribution in [1.82, 2.24) is 9.55 Å². The van der Waals surface area contributed by atoms with Crippen molar-refractivity contribution in [2.75, 3.05) is 5.32 Å². The van der Waals surface area contributed by atoms with Gasteiger partial charge in [0.05, 0.1) is 11.9 Å². The molecule has 0 unspecified atom stereocenters. The lowest BCUT2D eigenvalue weighted by atomic mass is 10.1. The van der Waals surface area contributed by atoms with Gasteiger partial charge in [-0.15, -0.1) is 0 Å². The van der Waals surface area contributed by atoms with E-state index in [0.29, 0.717) is 5.02 Å². The number of anilines is 1. The zero-order chi connectivity index (χ0) is 17.9. The Hall–Kier alpha value is -2.85. The second-order valence-corrected chi connectivity index (χ2v) is 6.65. The summed E-state index contributed by atoms with van der Waals surface area (Å²) < 4.78 is 2.25. The molecule has 26 heavy (non-hydrogen) atoms. The summed E-state index contributed by atoms with van der Waals surface area (Å²) in [6.45, 7) is 1.00. The number of benzene rings is 2. The van der Waals surface area contributed by atoms with Crippen LogP contribution in [0.15, 0.2) is 60.8 Å². The largest absolute Gasteiger partial charge is 0.328 e. The van der Waals surface area contributed by atoms with Gasteiger partial charge in [0.1, 0.15) is 5.82 Å². The molecule has 0 bridgehead atoms. The van der Waals surface area contributed by atoms with E-state index < -0.39 is 0 Å². The summed E-state index contributed by atoms with van der Waals surface area (Å²) in [4.78, 5) is 16.7. The van der Waals surface area contributed by atoms with Crippen LogP contribution in [0.25, 0.3) is 17.3 Å². The molecular weight excluding hydrogens is 346 g/mol. The second kappa shape index (κ2) is 7.18. The molecule has 1 aromatic heterocycles. The van der Waals surface area contributed by atoms with Crippen LogP contribution in [0.5, 0.6) is 0 Å². The number of hydrogen-bond acceptors (Lipinski definition) is 2. The molecule has 4 nitrogen and oxygen atoms in total. The van der Waals surface area contributed by atoms with Gasteiger partial charge in [-0.1, -0.05) is 41.9 Å². The number of nitrogens with zero attached hydrogens (tertiary/aromatic N) is 2. The van der Waals surface area contributed by atoms with E-state index in [1.165, 1.54) is 6.08 Å². The van der Waals surface area contributed by atoms with E-state index in [1.54, 1.807) is 12.1 Å². The van der Waals surface area contributed by atoms with Crippen LogP contribution >= 0.6 is 11.6 Å². The lowest BCUT2D eigenvalue weighted by Crippen LogP contribution is -2.07. The van der Waals surface area contributed by atoms with Crippen molar-refractivity contribution in [3.05, 3.63) is 77.2 Å². The molecule has 0 atom stereocenters. The minimum Gasteiger partial charge on any atom is -0.328 e. The third-order valence-corrected chi connectivity index (χ3v) is 4.81.